The summed E-state index contributed by atoms with van der Waals surface area (Å²) in [7, 11) is -2.86. The summed E-state index contributed by atoms with van der Waals surface area (Å²) < 4.78 is 72.4. The average Bonchev–Trinajstić information content (AvgIpc) is 2.81. The molecule has 0 aliphatic heterocycles. The molecule has 180 valence electrons. The van der Waals surface area contributed by atoms with Crippen LogP contribution in [0, 0.1) is 0 Å². The lowest BCUT2D eigenvalue weighted by atomic mass is 10.2. The standard InChI is InChI=1S/C23H20ClF3N2O4S/c1-33-18-10-7-16(8-11-18)14-28-22(30)15-29(34(31,32)19-5-3-2-4-6-19)17-9-12-21(24)20(13-17)23(25,26)27/h2-13H,14-15H2,1H3,(H,28,30). The number of benzene rings is 3. The van der Waals surface area contributed by atoms with E-state index in [1.54, 1.807) is 30.3 Å². The Hall–Kier alpha value is -3.24. The minimum Gasteiger partial charge on any atom is -0.497 e. The highest BCUT2D eigenvalue weighted by Crippen LogP contribution is 2.38. The van der Waals surface area contributed by atoms with Gasteiger partial charge in [-0.05, 0) is 48.0 Å². The summed E-state index contributed by atoms with van der Waals surface area (Å²) in [6, 6.07) is 16.6. The van der Waals surface area contributed by atoms with Crippen LogP contribution in [0.4, 0.5) is 18.9 Å². The number of methoxy groups -OCH3 is 1. The monoisotopic (exact) mass is 512 g/mol. The minimum absolute atomic E-state index is 0.0798. The van der Waals surface area contributed by atoms with Gasteiger partial charge in [-0.2, -0.15) is 13.2 Å². The molecule has 0 spiro atoms. The molecule has 0 unspecified atom stereocenters. The van der Waals surface area contributed by atoms with Crippen LogP contribution in [0.5, 0.6) is 5.75 Å². The maximum Gasteiger partial charge on any atom is 0.417 e. The summed E-state index contributed by atoms with van der Waals surface area (Å²) in [5.74, 6) is -0.0859. The second kappa shape index (κ2) is 10.4. The number of hydrogen-bond acceptors (Lipinski definition) is 4. The fourth-order valence-electron chi connectivity index (χ4n) is 3.05. The van der Waals surface area contributed by atoms with Gasteiger partial charge in [-0.15, -0.1) is 0 Å². The van der Waals surface area contributed by atoms with Crippen molar-refractivity contribution in [1.82, 2.24) is 5.32 Å². The van der Waals surface area contributed by atoms with Gasteiger partial charge >= 0.3 is 6.18 Å². The molecule has 11 heteroatoms. The van der Waals surface area contributed by atoms with Crippen molar-refractivity contribution >= 4 is 33.2 Å². The van der Waals surface area contributed by atoms with Crippen molar-refractivity contribution in [2.75, 3.05) is 18.0 Å². The van der Waals surface area contributed by atoms with Gasteiger partial charge in [0.1, 0.15) is 12.3 Å². The van der Waals surface area contributed by atoms with Gasteiger partial charge in [0.05, 0.1) is 28.3 Å². The first-order valence-electron chi connectivity index (χ1n) is 9.86. The third-order valence-electron chi connectivity index (χ3n) is 4.81. The van der Waals surface area contributed by atoms with Crippen LogP contribution in [0.1, 0.15) is 11.1 Å². The Morgan fingerprint density at radius 3 is 2.26 bits per heavy atom. The number of sulfonamides is 1. The second-order valence-corrected chi connectivity index (χ2v) is 9.38. The number of halogens is 4. The number of anilines is 1. The van der Waals surface area contributed by atoms with Gasteiger partial charge in [0.25, 0.3) is 10.0 Å². The number of amides is 1. The zero-order valence-electron chi connectivity index (χ0n) is 17.8. The lowest BCUT2D eigenvalue weighted by molar-refractivity contribution is -0.137. The Kier molecular flexibility index (Phi) is 7.73. The van der Waals surface area contributed by atoms with Crippen molar-refractivity contribution in [3.8, 4) is 5.75 Å². The van der Waals surface area contributed by atoms with E-state index in [4.69, 9.17) is 16.3 Å². The van der Waals surface area contributed by atoms with E-state index in [0.29, 0.717) is 16.1 Å². The molecular weight excluding hydrogens is 493 g/mol. The number of nitrogens with one attached hydrogen (secondary N) is 1. The second-order valence-electron chi connectivity index (χ2n) is 7.11. The van der Waals surface area contributed by atoms with Crippen LogP contribution in [0.3, 0.4) is 0 Å². The molecule has 3 rings (SSSR count). The fourth-order valence-corrected chi connectivity index (χ4v) is 4.71. The topological polar surface area (TPSA) is 75.7 Å². The molecule has 0 fully saturated rings. The van der Waals surface area contributed by atoms with Gasteiger partial charge < -0.3 is 10.1 Å². The molecule has 3 aromatic carbocycles. The van der Waals surface area contributed by atoms with E-state index in [2.05, 4.69) is 5.32 Å². The normalized spacial score (nSPS) is 11.7. The molecule has 0 bridgehead atoms. The van der Waals surface area contributed by atoms with Gasteiger partial charge in [0.2, 0.25) is 5.91 Å². The zero-order valence-corrected chi connectivity index (χ0v) is 19.4. The Bertz CT molecular complexity index is 1250. The van der Waals surface area contributed by atoms with Gasteiger partial charge in [0, 0.05) is 6.54 Å². The smallest absolute Gasteiger partial charge is 0.417 e. The summed E-state index contributed by atoms with van der Waals surface area (Å²) >= 11 is 5.69. The molecule has 0 aromatic heterocycles. The number of ether oxygens (including phenoxy) is 1. The Balaban J connectivity index is 1.92. The summed E-state index contributed by atoms with van der Waals surface area (Å²) in [4.78, 5) is 12.5. The third kappa shape index (κ3) is 6.00. The first-order valence-corrected chi connectivity index (χ1v) is 11.7. The minimum atomic E-state index is -4.81. The lowest BCUT2D eigenvalue weighted by Crippen LogP contribution is -2.40. The summed E-state index contributed by atoms with van der Waals surface area (Å²) in [5.41, 5.74) is -0.837. The largest absolute Gasteiger partial charge is 0.497 e. The van der Waals surface area contributed by atoms with E-state index < -0.39 is 39.2 Å². The Morgan fingerprint density at radius 2 is 1.68 bits per heavy atom. The molecule has 0 saturated heterocycles. The molecule has 0 radical (unpaired) electrons. The van der Waals surface area contributed by atoms with Crippen molar-refractivity contribution < 1.29 is 31.1 Å². The van der Waals surface area contributed by atoms with Crippen molar-refractivity contribution in [3.05, 3.63) is 88.9 Å². The Morgan fingerprint density at radius 1 is 1.03 bits per heavy atom. The highest BCUT2D eigenvalue weighted by molar-refractivity contribution is 7.92. The van der Waals surface area contributed by atoms with Crippen LogP contribution in [0.15, 0.2) is 77.7 Å². The first kappa shape index (κ1) is 25.4. The van der Waals surface area contributed by atoms with Crippen LogP contribution >= 0.6 is 11.6 Å². The molecule has 6 nitrogen and oxygen atoms in total. The fraction of sp³-hybridized carbons (Fsp3) is 0.174. The van der Waals surface area contributed by atoms with E-state index in [1.807, 2.05) is 0 Å². The predicted octanol–water partition coefficient (Wildman–Crippen LogP) is 4.88. The van der Waals surface area contributed by atoms with Crippen molar-refractivity contribution in [3.63, 3.8) is 0 Å². The molecule has 0 saturated carbocycles. The van der Waals surface area contributed by atoms with Crippen molar-refractivity contribution in [1.29, 1.82) is 0 Å². The van der Waals surface area contributed by atoms with Gasteiger partial charge in [-0.3, -0.25) is 9.10 Å². The van der Waals surface area contributed by atoms with Crippen LogP contribution in [-0.2, 0) is 27.5 Å². The third-order valence-corrected chi connectivity index (χ3v) is 6.93. The average molecular weight is 513 g/mol. The van der Waals surface area contributed by atoms with Crippen LogP contribution in [-0.4, -0.2) is 28.0 Å². The van der Waals surface area contributed by atoms with Crippen LogP contribution in [0.2, 0.25) is 5.02 Å². The van der Waals surface area contributed by atoms with Crippen LogP contribution in [0.25, 0.3) is 0 Å². The molecule has 1 amide bonds. The highest BCUT2D eigenvalue weighted by Gasteiger charge is 2.35. The summed E-state index contributed by atoms with van der Waals surface area (Å²) in [6.45, 7) is -0.664. The van der Waals surface area contributed by atoms with Gasteiger partial charge in [-0.25, -0.2) is 8.42 Å². The molecule has 0 heterocycles. The number of alkyl halides is 3. The first-order chi connectivity index (χ1) is 16.0. The Labute approximate surface area is 200 Å². The predicted molar refractivity (Wildman–Crippen MR) is 122 cm³/mol. The molecule has 1 N–H and O–H groups in total. The van der Waals surface area contributed by atoms with E-state index in [-0.39, 0.29) is 17.1 Å². The van der Waals surface area contributed by atoms with E-state index in [1.165, 1.54) is 31.4 Å². The highest BCUT2D eigenvalue weighted by atomic mass is 35.5. The maximum absolute atomic E-state index is 13.4. The number of nitrogens with zero attached hydrogens (tertiary/aromatic N) is 1. The van der Waals surface area contributed by atoms with Gasteiger partial charge in [0.15, 0.2) is 0 Å². The molecule has 3 aromatic rings. The molecule has 34 heavy (non-hydrogen) atoms. The zero-order chi connectivity index (χ0) is 24.9. The van der Waals surface area contributed by atoms with E-state index in [9.17, 15) is 26.4 Å². The lowest BCUT2D eigenvalue weighted by Gasteiger charge is -2.25. The quantitative estimate of drug-likeness (QED) is 0.467. The SMILES string of the molecule is COc1ccc(CNC(=O)CN(c2ccc(Cl)c(C(F)(F)F)c2)S(=O)(=O)c2ccccc2)cc1. The number of rotatable bonds is 8. The summed E-state index contributed by atoms with van der Waals surface area (Å²) in [5, 5.41) is 2.00. The van der Waals surface area contributed by atoms with Crippen molar-refractivity contribution in [2.24, 2.45) is 0 Å². The molecule has 0 aliphatic carbocycles. The van der Waals surface area contributed by atoms with Gasteiger partial charge in [-0.1, -0.05) is 41.9 Å². The van der Waals surface area contributed by atoms with Crippen LogP contribution < -0.4 is 14.4 Å². The van der Waals surface area contributed by atoms with E-state index >= 15 is 0 Å². The number of carbonyl (C=O) groups is 1. The number of carbonyl (C=O) groups excluding carboxylic acids is 1. The molecule has 0 aliphatic rings. The number of hydrogen-bond donors (Lipinski definition) is 1. The van der Waals surface area contributed by atoms with E-state index in [0.717, 1.165) is 17.7 Å². The summed E-state index contributed by atoms with van der Waals surface area (Å²) in [6.07, 6.45) is -4.81. The molecular formula is C23H20ClF3N2O4S. The van der Waals surface area contributed by atoms with Crippen molar-refractivity contribution in [2.45, 2.75) is 17.6 Å². The molecule has 0 atom stereocenters. The maximum atomic E-state index is 13.4.